The Kier molecular flexibility index (Phi) is 4.97. The highest BCUT2D eigenvalue weighted by atomic mass is 19.4. The van der Waals surface area contributed by atoms with Crippen molar-refractivity contribution in [1.29, 1.82) is 0 Å². The molecule has 0 bridgehead atoms. The van der Waals surface area contributed by atoms with Gasteiger partial charge in [0, 0.05) is 0 Å². The monoisotopic (exact) mass is 318 g/mol. The number of benzene rings is 2. The molecule has 2 rings (SSSR count). The van der Waals surface area contributed by atoms with Gasteiger partial charge in [0.1, 0.15) is 0 Å². The molecular weight excluding hydrogens is 307 g/mol. The van der Waals surface area contributed by atoms with Gasteiger partial charge in [0.15, 0.2) is 5.75 Å². The van der Waals surface area contributed by atoms with Crippen molar-refractivity contribution in [1.82, 2.24) is 0 Å². The molecule has 0 N–H and O–H groups in total. The molecule has 0 aliphatic rings. The highest BCUT2D eigenvalue weighted by Crippen LogP contribution is 2.29. The van der Waals surface area contributed by atoms with Gasteiger partial charge in [-0.2, -0.15) is 18.1 Å². The van der Waals surface area contributed by atoms with Crippen LogP contribution in [0.2, 0.25) is 0 Å². The number of alkyl halides is 5. The highest BCUT2D eigenvalue weighted by Gasteiger charge is 2.49. The average molecular weight is 318 g/mol. The van der Waals surface area contributed by atoms with Gasteiger partial charge < -0.3 is 4.89 Å². The summed E-state index contributed by atoms with van der Waals surface area (Å²) in [4.78, 5) is 8.17. The van der Waals surface area contributed by atoms with E-state index in [-0.39, 0.29) is 5.75 Å². The van der Waals surface area contributed by atoms with Crippen LogP contribution in [0.15, 0.2) is 54.6 Å². The largest absolute Gasteiger partial charge is 0.424 e. The second kappa shape index (κ2) is 6.74. The third-order valence-electron chi connectivity index (χ3n) is 2.76. The zero-order valence-electron chi connectivity index (χ0n) is 11.1. The van der Waals surface area contributed by atoms with Crippen LogP contribution in [0.25, 0.3) is 11.1 Å². The van der Waals surface area contributed by atoms with Crippen LogP contribution in [0.5, 0.6) is 5.75 Å². The summed E-state index contributed by atoms with van der Waals surface area (Å²) in [5.74, 6) is -0.102. The first-order valence-corrected chi connectivity index (χ1v) is 6.21. The van der Waals surface area contributed by atoms with Gasteiger partial charge in [-0.05, 0) is 23.3 Å². The lowest BCUT2D eigenvalue weighted by molar-refractivity contribution is -0.352. The molecule has 2 nitrogen and oxygen atoms in total. The van der Waals surface area contributed by atoms with Crippen molar-refractivity contribution < 1.29 is 31.7 Å². The summed E-state index contributed by atoms with van der Waals surface area (Å²) in [6, 6.07) is 15.0. The Balaban J connectivity index is 2.03. The molecule has 0 aliphatic heterocycles. The first-order chi connectivity index (χ1) is 10.4. The molecule has 0 aromatic heterocycles. The third kappa shape index (κ3) is 4.17. The lowest BCUT2D eigenvalue weighted by Crippen LogP contribution is -2.38. The van der Waals surface area contributed by atoms with Gasteiger partial charge >= 0.3 is 6.18 Å². The number of hydrogen-bond acceptors (Lipinski definition) is 2. The quantitative estimate of drug-likeness (QED) is 0.445. The van der Waals surface area contributed by atoms with Gasteiger partial charge in [0.05, 0.1) is 0 Å². The van der Waals surface area contributed by atoms with E-state index in [1.807, 2.05) is 30.3 Å². The molecule has 7 heteroatoms. The summed E-state index contributed by atoms with van der Waals surface area (Å²) >= 11 is 0. The van der Waals surface area contributed by atoms with Gasteiger partial charge in [-0.1, -0.05) is 42.5 Å². The van der Waals surface area contributed by atoms with E-state index in [0.717, 1.165) is 11.1 Å². The summed E-state index contributed by atoms with van der Waals surface area (Å²) < 4.78 is 61.3. The van der Waals surface area contributed by atoms with Crippen molar-refractivity contribution in [3.05, 3.63) is 54.6 Å². The van der Waals surface area contributed by atoms with Crippen LogP contribution < -0.4 is 4.89 Å². The van der Waals surface area contributed by atoms with Gasteiger partial charge in [-0.3, -0.25) is 0 Å². The van der Waals surface area contributed by atoms with E-state index in [4.69, 9.17) is 0 Å². The van der Waals surface area contributed by atoms with E-state index in [1.54, 1.807) is 12.1 Å². The summed E-state index contributed by atoms with van der Waals surface area (Å²) in [6.45, 7) is 0. The summed E-state index contributed by atoms with van der Waals surface area (Å²) in [6.07, 6.45) is -12.2. The molecule has 2 aromatic rings. The molecule has 0 aliphatic carbocycles. The van der Waals surface area contributed by atoms with Crippen LogP contribution in [-0.4, -0.2) is 18.7 Å². The zero-order valence-corrected chi connectivity index (χ0v) is 11.1. The van der Waals surface area contributed by atoms with Crippen LogP contribution in [0, 0.1) is 0 Å². The normalized spacial score (nSPS) is 13.2. The van der Waals surface area contributed by atoms with Crippen molar-refractivity contribution >= 4 is 0 Å². The highest BCUT2D eigenvalue weighted by molar-refractivity contribution is 5.63. The summed E-state index contributed by atoms with van der Waals surface area (Å²) in [5.41, 5.74) is 1.70. The van der Waals surface area contributed by atoms with Crippen LogP contribution in [0.3, 0.4) is 0 Å². The fourth-order valence-corrected chi connectivity index (χ4v) is 1.68. The smallest absolute Gasteiger partial charge is 0.337 e. The van der Waals surface area contributed by atoms with E-state index in [2.05, 4.69) is 9.78 Å². The van der Waals surface area contributed by atoms with Gasteiger partial charge in [-0.15, -0.1) is 0 Å². The molecule has 22 heavy (non-hydrogen) atoms. The predicted octanol–water partition coefficient (Wildman–Crippen LogP) is 4.86. The lowest BCUT2D eigenvalue weighted by Gasteiger charge is -2.18. The maximum atomic E-state index is 12.3. The lowest BCUT2D eigenvalue weighted by atomic mass is 10.1. The van der Waals surface area contributed by atoms with Gasteiger partial charge in [0.25, 0.3) is 12.5 Å². The molecule has 1 atom stereocenters. The Morgan fingerprint density at radius 3 is 1.82 bits per heavy atom. The van der Waals surface area contributed by atoms with E-state index in [1.165, 1.54) is 12.1 Å². The van der Waals surface area contributed by atoms with E-state index in [0.29, 0.717) is 0 Å². The number of halogens is 5. The fourth-order valence-electron chi connectivity index (χ4n) is 1.68. The molecule has 0 saturated heterocycles. The maximum absolute atomic E-state index is 12.3. The molecule has 0 saturated carbocycles. The molecule has 0 fully saturated rings. The van der Waals surface area contributed by atoms with Gasteiger partial charge in [-0.25, -0.2) is 8.78 Å². The second-order valence-electron chi connectivity index (χ2n) is 4.37. The third-order valence-corrected chi connectivity index (χ3v) is 2.76. The van der Waals surface area contributed by atoms with Crippen molar-refractivity contribution in [2.75, 3.05) is 0 Å². The Labute approximate surface area is 123 Å². The molecule has 1 unspecified atom stereocenters. The minimum atomic E-state index is -5.21. The topological polar surface area (TPSA) is 18.5 Å². The minimum Gasteiger partial charge on any atom is -0.337 e. The minimum absolute atomic E-state index is 0.102. The van der Waals surface area contributed by atoms with Crippen molar-refractivity contribution in [3.8, 4) is 16.9 Å². The van der Waals surface area contributed by atoms with Crippen molar-refractivity contribution in [2.45, 2.75) is 18.7 Å². The van der Waals surface area contributed by atoms with Crippen molar-refractivity contribution in [3.63, 3.8) is 0 Å². The SMILES string of the molecule is FC(F)C(OOc1ccc(-c2ccccc2)cc1)C(F)(F)F. The molecule has 0 heterocycles. The molecule has 0 radical (unpaired) electrons. The van der Waals surface area contributed by atoms with Gasteiger partial charge in [0.2, 0.25) is 0 Å². The molecule has 0 amide bonds. The first kappa shape index (κ1) is 16.2. The molecule has 0 spiro atoms. The van der Waals surface area contributed by atoms with Crippen LogP contribution in [-0.2, 0) is 4.89 Å². The first-order valence-electron chi connectivity index (χ1n) is 6.21. The molecule has 2 aromatic carbocycles. The maximum Gasteiger partial charge on any atom is 0.424 e. The van der Waals surface area contributed by atoms with Crippen LogP contribution >= 0.6 is 0 Å². The van der Waals surface area contributed by atoms with Crippen molar-refractivity contribution in [2.24, 2.45) is 0 Å². The number of rotatable bonds is 5. The van der Waals surface area contributed by atoms with Crippen LogP contribution in [0.4, 0.5) is 22.0 Å². The second-order valence-corrected chi connectivity index (χ2v) is 4.37. The Morgan fingerprint density at radius 1 is 0.773 bits per heavy atom. The molecular formula is C15H11F5O2. The van der Waals surface area contributed by atoms with E-state index >= 15 is 0 Å². The Hall–Kier alpha value is -2.15. The zero-order chi connectivity index (χ0) is 16.2. The fraction of sp³-hybridized carbons (Fsp3) is 0.200. The summed E-state index contributed by atoms with van der Waals surface area (Å²) in [7, 11) is 0. The van der Waals surface area contributed by atoms with E-state index in [9.17, 15) is 22.0 Å². The van der Waals surface area contributed by atoms with Crippen LogP contribution in [0.1, 0.15) is 0 Å². The molecule has 118 valence electrons. The Morgan fingerprint density at radius 2 is 1.32 bits per heavy atom. The number of hydrogen-bond donors (Lipinski definition) is 0. The standard InChI is InChI=1S/C15H11F5O2/c16-14(17)13(15(18,19)20)22-21-12-8-6-11(7-9-12)10-4-2-1-3-5-10/h1-9,13-14H. The summed E-state index contributed by atoms with van der Waals surface area (Å²) in [5, 5.41) is 0. The van der Waals surface area contributed by atoms with E-state index < -0.39 is 18.7 Å². The Bertz CT molecular complexity index is 581. The predicted molar refractivity (Wildman–Crippen MR) is 69.4 cm³/mol. The average Bonchev–Trinajstić information content (AvgIpc) is 2.47.